The van der Waals surface area contributed by atoms with Gasteiger partial charge in [0.1, 0.15) is 5.75 Å². The number of amides is 1. The van der Waals surface area contributed by atoms with E-state index in [2.05, 4.69) is 45.3 Å². The van der Waals surface area contributed by atoms with Gasteiger partial charge in [0.05, 0.1) is 11.0 Å². The molecule has 2 heterocycles. The van der Waals surface area contributed by atoms with Crippen molar-refractivity contribution in [2.75, 3.05) is 5.32 Å². The van der Waals surface area contributed by atoms with E-state index in [-0.39, 0.29) is 18.3 Å². The minimum atomic E-state index is -0.379. The molecule has 1 N–H and O–H groups in total. The van der Waals surface area contributed by atoms with Gasteiger partial charge in [-0.25, -0.2) is 4.68 Å². The lowest BCUT2D eigenvalue weighted by Crippen LogP contribution is -2.15. The fraction of sp³-hybridized carbons (Fsp3) is 0.208. The summed E-state index contributed by atoms with van der Waals surface area (Å²) in [5.74, 6) is 1.20. The number of nitrogens with one attached hydrogen (secondary N) is 1. The molecule has 176 valence electrons. The molecule has 0 spiro atoms. The lowest BCUT2D eigenvalue weighted by Gasteiger charge is -2.09. The van der Waals surface area contributed by atoms with Crippen LogP contribution in [0, 0.1) is 0 Å². The van der Waals surface area contributed by atoms with Gasteiger partial charge < -0.3 is 10.1 Å². The number of ether oxygens (including phenoxy) is 1. The first-order valence-corrected chi connectivity index (χ1v) is 12.1. The van der Waals surface area contributed by atoms with Crippen molar-refractivity contribution in [3.8, 4) is 5.75 Å². The van der Waals surface area contributed by atoms with Crippen LogP contribution >= 0.6 is 39.1 Å². The zero-order valence-corrected chi connectivity index (χ0v) is 21.6. The first-order valence-electron chi connectivity index (χ1n) is 10.5. The fourth-order valence-electron chi connectivity index (χ4n) is 3.20. The van der Waals surface area contributed by atoms with Gasteiger partial charge in [-0.2, -0.15) is 10.2 Å². The number of hydrogen-bond donors (Lipinski definition) is 1. The molecule has 0 aliphatic carbocycles. The summed E-state index contributed by atoms with van der Waals surface area (Å²) < 4.78 is 9.63. The van der Waals surface area contributed by atoms with Crippen LogP contribution in [0.15, 0.2) is 65.4 Å². The maximum Gasteiger partial charge on any atom is 0.277 e. The number of hydrogen-bond acceptors (Lipinski definition) is 4. The predicted molar refractivity (Wildman–Crippen MR) is 137 cm³/mol. The monoisotopic (exact) mass is 561 g/mol. The van der Waals surface area contributed by atoms with Crippen LogP contribution in [0.25, 0.3) is 0 Å². The second kappa shape index (κ2) is 10.6. The summed E-state index contributed by atoms with van der Waals surface area (Å²) in [6.45, 7) is 4.90. The molecule has 7 nitrogen and oxygen atoms in total. The maximum atomic E-state index is 12.7. The van der Waals surface area contributed by atoms with Crippen molar-refractivity contribution in [2.24, 2.45) is 0 Å². The van der Waals surface area contributed by atoms with E-state index in [0.29, 0.717) is 32.8 Å². The van der Waals surface area contributed by atoms with Crippen LogP contribution in [0.1, 0.15) is 41.4 Å². The highest BCUT2D eigenvalue weighted by Gasteiger charge is 2.15. The van der Waals surface area contributed by atoms with E-state index in [1.54, 1.807) is 40.0 Å². The van der Waals surface area contributed by atoms with Crippen LogP contribution in [-0.4, -0.2) is 25.5 Å². The Hall–Kier alpha value is -2.81. The first kappa shape index (κ1) is 24.3. The molecule has 34 heavy (non-hydrogen) atoms. The van der Waals surface area contributed by atoms with E-state index in [9.17, 15) is 4.79 Å². The molecule has 0 aliphatic heterocycles. The van der Waals surface area contributed by atoms with Crippen LogP contribution in [0.5, 0.6) is 5.75 Å². The summed E-state index contributed by atoms with van der Waals surface area (Å²) in [7, 11) is 0. The fourth-order valence-corrected chi connectivity index (χ4v) is 4.09. The number of halogens is 3. The molecule has 0 aliphatic rings. The van der Waals surface area contributed by atoms with Crippen LogP contribution in [0.3, 0.4) is 0 Å². The van der Waals surface area contributed by atoms with Gasteiger partial charge in [-0.15, -0.1) is 0 Å². The zero-order valence-electron chi connectivity index (χ0n) is 18.5. The van der Waals surface area contributed by atoms with E-state index < -0.39 is 0 Å². The Morgan fingerprint density at radius 3 is 2.56 bits per heavy atom. The summed E-state index contributed by atoms with van der Waals surface area (Å²) in [4.78, 5) is 12.7. The number of aromatic nitrogens is 4. The molecule has 10 heteroatoms. The van der Waals surface area contributed by atoms with Crippen molar-refractivity contribution in [3.63, 3.8) is 0 Å². The topological polar surface area (TPSA) is 74.0 Å². The average molecular weight is 563 g/mol. The molecule has 0 bridgehead atoms. The maximum absolute atomic E-state index is 12.7. The third-order valence-electron chi connectivity index (χ3n) is 5.08. The third-order valence-corrected chi connectivity index (χ3v) is 6.25. The van der Waals surface area contributed by atoms with Crippen molar-refractivity contribution in [1.82, 2.24) is 19.6 Å². The van der Waals surface area contributed by atoms with Gasteiger partial charge in [0.25, 0.3) is 5.91 Å². The first-order chi connectivity index (χ1) is 16.3. The highest BCUT2D eigenvalue weighted by Crippen LogP contribution is 2.25. The highest BCUT2D eigenvalue weighted by molar-refractivity contribution is 9.10. The molecule has 1 amide bonds. The number of carbonyl (C=O) groups excluding carboxylic acids is 1. The van der Waals surface area contributed by atoms with Gasteiger partial charge in [-0.3, -0.25) is 9.48 Å². The number of nitrogens with zero attached hydrogens (tertiary/aromatic N) is 4. The molecule has 0 unspecified atom stereocenters. The standard InChI is InChI=1S/C24H22BrCl2N5O2/c1-15(2)16-4-7-19(8-5-16)34-14-31-10-9-22(29-31)24(33)28-23-20(25)13-32(30-23)12-17-3-6-18(26)11-21(17)27/h3-11,13,15H,12,14H2,1-2H3,(H,28,30,33). The summed E-state index contributed by atoms with van der Waals surface area (Å²) in [5, 5.41) is 12.6. The summed E-state index contributed by atoms with van der Waals surface area (Å²) in [5.41, 5.74) is 2.35. The molecule has 0 saturated heterocycles. The average Bonchev–Trinajstić information content (AvgIpc) is 3.41. The van der Waals surface area contributed by atoms with E-state index >= 15 is 0 Å². The number of anilines is 1. The third kappa shape index (κ3) is 6.00. The molecule has 4 aromatic rings. The van der Waals surface area contributed by atoms with Gasteiger partial charge in [0.15, 0.2) is 18.2 Å². The van der Waals surface area contributed by atoms with Crippen LogP contribution in [0.2, 0.25) is 10.0 Å². The van der Waals surface area contributed by atoms with Crippen molar-refractivity contribution in [3.05, 3.63) is 92.3 Å². The summed E-state index contributed by atoms with van der Waals surface area (Å²) in [6, 6.07) is 14.9. The Morgan fingerprint density at radius 1 is 1.09 bits per heavy atom. The molecule has 0 saturated carbocycles. The minimum Gasteiger partial charge on any atom is -0.471 e. The van der Waals surface area contributed by atoms with Gasteiger partial charge in [-0.1, -0.05) is 55.2 Å². The molecule has 0 radical (unpaired) electrons. The Labute approximate surface area is 215 Å². The zero-order chi connectivity index (χ0) is 24.2. The summed E-state index contributed by atoms with van der Waals surface area (Å²) >= 11 is 15.6. The van der Waals surface area contributed by atoms with Gasteiger partial charge in [-0.05, 0) is 63.3 Å². The lowest BCUT2D eigenvalue weighted by atomic mass is 10.0. The Kier molecular flexibility index (Phi) is 7.60. The highest BCUT2D eigenvalue weighted by atomic mass is 79.9. The van der Waals surface area contributed by atoms with Crippen molar-refractivity contribution in [2.45, 2.75) is 33.0 Å². The Morgan fingerprint density at radius 2 is 1.85 bits per heavy atom. The van der Waals surface area contributed by atoms with E-state index in [4.69, 9.17) is 27.9 Å². The Balaban J connectivity index is 1.36. The van der Waals surface area contributed by atoms with Crippen molar-refractivity contribution < 1.29 is 9.53 Å². The number of rotatable bonds is 8. The number of benzene rings is 2. The van der Waals surface area contributed by atoms with Crippen LogP contribution in [0.4, 0.5) is 5.82 Å². The van der Waals surface area contributed by atoms with Crippen LogP contribution in [-0.2, 0) is 13.3 Å². The lowest BCUT2D eigenvalue weighted by molar-refractivity contribution is 0.101. The van der Waals surface area contributed by atoms with E-state index in [0.717, 1.165) is 11.3 Å². The largest absolute Gasteiger partial charge is 0.471 e. The molecule has 2 aromatic carbocycles. The van der Waals surface area contributed by atoms with Crippen LogP contribution < -0.4 is 10.1 Å². The second-order valence-electron chi connectivity index (χ2n) is 7.95. The van der Waals surface area contributed by atoms with E-state index in [1.165, 1.54) is 5.56 Å². The second-order valence-corrected chi connectivity index (χ2v) is 9.65. The molecule has 0 atom stereocenters. The molecule has 4 rings (SSSR count). The van der Waals surface area contributed by atoms with Crippen molar-refractivity contribution in [1.29, 1.82) is 0 Å². The Bertz CT molecular complexity index is 1300. The van der Waals surface area contributed by atoms with Gasteiger partial charge in [0.2, 0.25) is 0 Å². The summed E-state index contributed by atoms with van der Waals surface area (Å²) in [6.07, 6.45) is 3.45. The minimum absolute atomic E-state index is 0.189. The normalized spacial score (nSPS) is 11.1. The predicted octanol–water partition coefficient (Wildman–Crippen LogP) is 6.61. The molecular formula is C24H22BrCl2N5O2. The number of carbonyl (C=O) groups is 1. The smallest absolute Gasteiger partial charge is 0.277 e. The van der Waals surface area contributed by atoms with Gasteiger partial charge in [0, 0.05) is 22.4 Å². The SMILES string of the molecule is CC(C)c1ccc(OCn2ccc(C(=O)Nc3nn(Cc4ccc(Cl)cc4Cl)cc3Br)n2)cc1. The molecule has 0 fully saturated rings. The quantitative estimate of drug-likeness (QED) is 0.262. The van der Waals surface area contributed by atoms with E-state index in [1.807, 2.05) is 30.3 Å². The van der Waals surface area contributed by atoms with Crippen molar-refractivity contribution >= 4 is 50.9 Å². The van der Waals surface area contributed by atoms with Gasteiger partial charge >= 0.3 is 0 Å². The molecular weight excluding hydrogens is 541 g/mol. The molecule has 2 aromatic heterocycles.